The maximum absolute atomic E-state index is 11.5. The van der Waals surface area contributed by atoms with E-state index in [9.17, 15) is 29.4 Å². The number of aliphatic carboxylic acids is 2. The molecule has 0 saturated heterocycles. The number of nitrogens with one attached hydrogen (secondary N) is 2. The van der Waals surface area contributed by atoms with Crippen LogP contribution in [0.4, 0.5) is 0 Å². The number of amides is 2. The number of hydrogen-bond acceptors (Lipinski definition) is 6. The van der Waals surface area contributed by atoms with Crippen LogP contribution in [0.5, 0.6) is 0 Å². The van der Waals surface area contributed by atoms with Gasteiger partial charge in [0.25, 0.3) is 0 Å². The molecule has 0 aromatic rings. The first kappa shape index (κ1) is 15.9. The van der Waals surface area contributed by atoms with Crippen molar-refractivity contribution >= 4 is 23.8 Å². The van der Waals surface area contributed by atoms with E-state index in [-0.39, 0.29) is 6.42 Å². The highest BCUT2D eigenvalue weighted by Crippen LogP contribution is 1.97. The average Bonchev–Trinajstić information content (AvgIpc) is 2.21. The lowest BCUT2D eigenvalue weighted by Gasteiger charge is -2.22. The molecule has 102 valence electrons. The lowest BCUT2D eigenvalue weighted by Crippen LogP contribution is -2.53. The van der Waals surface area contributed by atoms with Crippen molar-refractivity contribution in [3.8, 4) is 0 Å². The fraction of sp³-hybridized carbons (Fsp3) is 0.600. The summed E-state index contributed by atoms with van der Waals surface area (Å²) in [5.74, 6) is -4.21. The molecule has 0 heterocycles. The highest BCUT2D eigenvalue weighted by molar-refractivity contribution is 5.89. The quantitative estimate of drug-likeness (QED) is 0.481. The molecule has 2 N–H and O–H groups in total. The normalized spacial score (nSPS) is 13.2. The van der Waals surface area contributed by atoms with Gasteiger partial charge in [0.05, 0.1) is 12.0 Å². The largest absolute Gasteiger partial charge is 0.550 e. The topological polar surface area (TPSA) is 138 Å². The Balaban J connectivity index is 4.40. The smallest absolute Gasteiger partial charge is 0.242 e. The summed E-state index contributed by atoms with van der Waals surface area (Å²) in [5.41, 5.74) is 0. The summed E-state index contributed by atoms with van der Waals surface area (Å²) in [5, 5.41) is 25.2. The predicted octanol–water partition coefficient (Wildman–Crippen LogP) is -3.72. The van der Waals surface area contributed by atoms with Crippen molar-refractivity contribution in [2.75, 3.05) is 0 Å². The summed E-state index contributed by atoms with van der Waals surface area (Å²) in [4.78, 5) is 43.0. The van der Waals surface area contributed by atoms with Crippen molar-refractivity contribution in [3.05, 3.63) is 0 Å². The van der Waals surface area contributed by atoms with Gasteiger partial charge < -0.3 is 30.4 Å². The molecule has 0 aromatic carbocycles. The molecule has 0 aliphatic rings. The number of carboxylic acids is 2. The van der Waals surface area contributed by atoms with Gasteiger partial charge in [-0.15, -0.1) is 0 Å². The summed E-state index contributed by atoms with van der Waals surface area (Å²) in [6, 6.07) is -2.36. The second kappa shape index (κ2) is 7.25. The van der Waals surface area contributed by atoms with Crippen LogP contribution in [0.25, 0.3) is 0 Å². The molecule has 18 heavy (non-hydrogen) atoms. The Labute approximate surface area is 103 Å². The zero-order valence-electron chi connectivity index (χ0n) is 10.0. The highest BCUT2D eigenvalue weighted by atomic mass is 16.4. The van der Waals surface area contributed by atoms with Crippen LogP contribution in [0.1, 0.15) is 26.7 Å². The minimum absolute atomic E-state index is 0.344. The number of carboxylic acid groups (broad SMARTS) is 2. The SMILES string of the molecule is CC(=O)N[C@@H](C)C(=O)N[C@@H](CCC(=O)[O-])C(=O)[O-]. The monoisotopic (exact) mass is 258 g/mol. The van der Waals surface area contributed by atoms with Crippen molar-refractivity contribution in [1.29, 1.82) is 0 Å². The molecule has 0 bridgehead atoms. The third-order valence-corrected chi connectivity index (χ3v) is 2.05. The van der Waals surface area contributed by atoms with Gasteiger partial charge in [0, 0.05) is 12.9 Å². The van der Waals surface area contributed by atoms with E-state index >= 15 is 0 Å². The van der Waals surface area contributed by atoms with E-state index in [0.29, 0.717) is 0 Å². The Kier molecular flexibility index (Phi) is 6.40. The van der Waals surface area contributed by atoms with Gasteiger partial charge in [0.2, 0.25) is 11.8 Å². The molecule has 0 saturated carbocycles. The third kappa shape index (κ3) is 6.46. The summed E-state index contributed by atoms with van der Waals surface area (Å²) in [6.45, 7) is 2.57. The number of carbonyl (C=O) groups excluding carboxylic acids is 4. The average molecular weight is 258 g/mol. The zero-order chi connectivity index (χ0) is 14.3. The van der Waals surface area contributed by atoms with Crippen LogP contribution in [0.2, 0.25) is 0 Å². The fourth-order valence-electron chi connectivity index (χ4n) is 1.18. The van der Waals surface area contributed by atoms with Crippen molar-refractivity contribution in [1.82, 2.24) is 10.6 Å². The Hall–Kier alpha value is -2.12. The van der Waals surface area contributed by atoms with E-state index in [1.807, 2.05) is 0 Å². The second-order valence-corrected chi connectivity index (χ2v) is 3.71. The first-order valence-corrected chi connectivity index (χ1v) is 5.22. The molecule has 8 heteroatoms. The molecule has 2 atom stereocenters. The molecule has 0 unspecified atom stereocenters. The molecular weight excluding hydrogens is 244 g/mol. The van der Waals surface area contributed by atoms with E-state index < -0.39 is 42.3 Å². The zero-order valence-corrected chi connectivity index (χ0v) is 10.0. The minimum Gasteiger partial charge on any atom is -0.550 e. The molecular formula is C10H14N2O6-2. The van der Waals surface area contributed by atoms with Gasteiger partial charge in [-0.3, -0.25) is 9.59 Å². The van der Waals surface area contributed by atoms with Crippen LogP contribution in [0, 0.1) is 0 Å². The standard InChI is InChI=1S/C10H16N2O6/c1-5(11-6(2)13)9(16)12-7(10(17)18)3-4-8(14)15/h5,7H,3-4H2,1-2H3,(H,11,13)(H,12,16)(H,14,15)(H,17,18)/p-2/t5-,7-/m0/s1. The number of rotatable bonds is 7. The lowest BCUT2D eigenvalue weighted by molar-refractivity contribution is -0.310. The van der Waals surface area contributed by atoms with Crippen LogP contribution in [0.15, 0.2) is 0 Å². The molecule has 0 radical (unpaired) electrons. The Morgan fingerprint density at radius 1 is 1.11 bits per heavy atom. The van der Waals surface area contributed by atoms with Crippen molar-refractivity contribution in [2.45, 2.75) is 38.8 Å². The number of carbonyl (C=O) groups is 4. The van der Waals surface area contributed by atoms with Crippen LogP contribution in [-0.4, -0.2) is 35.8 Å². The van der Waals surface area contributed by atoms with Gasteiger partial charge >= 0.3 is 0 Å². The second-order valence-electron chi connectivity index (χ2n) is 3.71. The van der Waals surface area contributed by atoms with Gasteiger partial charge in [0.15, 0.2) is 0 Å². The van der Waals surface area contributed by atoms with Crippen LogP contribution < -0.4 is 20.8 Å². The van der Waals surface area contributed by atoms with Crippen molar-refractivity contribution in [3.63, 3.8) is 0 Å². The minimum atomic E-state index is -1.60. The summed E-state index contributed by atoms with van der Waals surface area (Å²) in [6.07, 6.45) is -0.864. The third-order valence-electron chi connectivity index (χ3n) is 2.05. The predicted molar refractivity (Wildman–Crippen MR) is 54.5 cm³/mol. The molecule has 2 amide bonds. The Morgan fingerprint density at radius 3 is 2.06 bits per heavy atom. The fourth-order valence-corrected chi connectivity index (χ4v) is 1.18. The summed E-state index contributed by atoms with van der Waals surface area (Å²) >= 11 is 0. The molecule has 0 aliphatic heterocycles. The lowest BCUT2D eigenvalue weighted by atomic mass is 10.1. The molecule has 8 nitrogen and oxygen atoms in total. The first-order chi connectivity index (χ1) is 8.23. The van der Waals surface area contributed by atoms with Crippen molar-refractivity contribution < 1.29 is 29.4 Å². The van der Waals surface area contributed by atoms with E-state index in [4.69, 9.17) is 0 Å². The number of hydrogen-bond donors (Lipinski definition) is 2. The molecule has 0 aromatic heterocycles. The van der Waals surface area contributed by atoms with E-state index in [1.54, 1.807) is 0 Å². The van der Waals surface area contributed by atoms with Crippen molar-refractivity contribution in [2.24, 2.45) is 0 Å². The molecule has 0 rings (SSSR count). The maximum atomic E-state index is 11.5. The Bertz CT molecular complexity index is 354. The molecule has 0 fully saturated rings. The van der Waals surface area contributed by atoms with E-state index in [1.165, 1.54) is 13.8 Å². The van der Waals surface area contributed by atoms with Gasteiger partial charge in [0.1, 0.15) is 6.04 Å². The summed E-state index contributed by atoms with van der Waals surface area (Å²) in [7, 11) is 0. The van der Waals surface area contributed by atoms with Gasteiger partial charge in [-0.2, -0.15) is 0 Å². The van der Waals surface area contributed by atoms with Gasteiger partial charge in [-0.25, -0.2) is 0 Å². The van der Waals surface area contributed by atoms with E-state index in [2.05, 4.69) is 10.6 Å². The highest BCUT2D eigenvalue weighted by Gasteiger charge is 2.18. The Morgan fingerprint density at radius 2 is 1.67 bits per heavy atom. The van der Waals surface area contributed by atoms with Crippen LogP contribution in [-0.2, 0) is 19.2 Å². The van der Waals surface area contributed by atoms with E-state index in [0.717, 1.165) is 0 Å². The van der Waals surface area contributed by atoms with Gasteiger partial charge in [-0.05, 0) is 19.8 Å². The van der Waals surface area contributed by atoms with Crippen LogP contribution in [0.3, 0.4) is 0 Å². The van der Waals surface area contributed by atoms with Crippen LogP contribution >= 0.6 is 0 Å². The molecule has 0 spiro atoms. The van der Waals surface area contributed by atoms with Gasteiger partial charge in [-0.1, -0.05) is 0 Å². The summed E-state index contributed by atoms with van der Waals surface area (Å²) < 4.78 is 0. The maximum Gasteiger partial charge on any atom is 0.242 e. The first-order valence-electron chi connectivity index (χ1n) is 5.22. The molecule has 0 aliphatic carbocycles.